The fraction of sp³-hybridized carbons (Fsp3) is 0.0455. The number of nitrogens with one attached hydrogen (secondary N) is 1. The number of fused-ring (bicyclic) bond motifs is 1. The molecule has 3 aromatic carbocycles. The molecule has 4 aromatic rings. The third kappa shape index (κ3) is 3.35. The smallest absolute Gasteiger partial charge is 0.323 e. The summed E-state index contributed by atoms with van der Waals surface area (Å²) in [5.41, 5.74) is 4.69. The van der Waals surface area contributed by atoms with E-state index in [1.807, 2.05) is 48.5 Å². The number of aromatic nitrogens is 1. The van der Waals surface area contributed by atoms with Gasteiger partial charge in [-0.05, 0) is 29.3 Å². The van der Waals surface area contributed by atoms with Crippen LogP contribution in [0.4, 0.5) is 0 Å². The lowest BCUT2D eigenvalue weighted by Gasteiger charge is -2.05. The van der Waals surface area contributed by atoms with Crippen LogP contribution in [-0.4, -0.2) is 24.5 Å². The molecule has 0 saturated carbocycles. The van der Waals surface area contributed by atoms with Crippen molar-refractivity contribution in [3.05, 3.63) is 78.4 Å². The first-order valence-corrected chi connectivity index (χ1v) is 8.71. The molecule has 0 aliphatic rings. The molecule has 6 nitrogen and oxygen atoms in total. The summed E-state index contributed by atoms with van der Waals surface area (Å²) in [6, 6.07) is 23.9. The number of hydrogen-bond acceptors (Lipinski definition) is 5. The van der Waals surface area contributed by atoms with Crippen molar-refractivity contribution < 1.29 is 14.2 Å². The molecule has 6 heteroatoms. The molecule has 1 heterocycles. The minimum atomic E-state index is 0.273. The minimum Gasteiger partial charge on any atom is -0.370 e. The highest BCUT2D eigenvalue weighted by Crippen LogP contribution is 2.31. The Kier molecular flexibility index (Phi) is 4.84. The average Bonchev–Trinajstić information content (AvgIpc) is 3.18. The molecule has 0 bridgehead atoms. The van der Waals surface area contributed by atoms with E-state index in [2.05, 4.69) is 44.7 Å². The first-order valence-electron chi connectivity index (χ1n) is 8.71. The van der Waals surface area contributed by atoms with Crippen molar-refractivity contribution in [2.45, 2.75) is 0 Å². The molecule has 0 spiro atoms. The summed E-state index contributed by atoms with van der Waals surface area (Å²) in [6.07, 6.45) is 0. The molecule has 1 N–H and O–H groups in total. The van der Waals surface area contributed by atoms with Crippen molar-refractivity contribution >= 4 is 23.2 Å². The second-order valence-electron chi connectivity index (χ2n) is 6.08. The van der Waals surface area contributed by atoms with E-state index in [1.54, 1.807) is 7.05 Å². The van der Waals surface area contributed by atoms with Crippen LogP contribution in [0.25, 0.3) is 33.4 Å². The van der Waals surface area contributed by atoms with E-state index in [1.165, 1.54) is 0 Å². The van der Waals surface area contributed by atoms with Crippen molar-refractivity contribution in [1.82, 2.24) is 10.5 Å². The van der Waals surface area contributed by atoms with E-state index in [0.717, 1.165) is 33.2 Å². The summed E-state index contributed by atoms with van der Waals surface area (Å²) in [6.45, 7) is 0.273. The second-order valence-corrected chi connectivity index (χ2v) is 6.08. The molecule has 0 aliphatic carbocycles. The molecule has 0 fully saturated rings. The quantitative estimate of drug-likeness (QED) is 0.187. The Balaban J connectivity index is 1.73. The van der Waals surface area contributed by atoms with Gasteiger partial charge in [0.1, 0.15) is 5.52 Å². The van der Waals surface area contributed by atoms with E-state index in [-0.39, 0.29) is 6.47 Å². The van der Waals surface area contributed by atoms with Crippen LogP contribution < -0.4 is 5.32 Å². The number of oxime groups is 1. The van der Waals surface area contributed by atoms with Gasteiger partial charge in [-0.1, -0.05) is 64.9 Å². The van der Waals surface area contributed by atoms with Gasteiger partial charge < -0.3 is 14.7 Å². The van der Waals surface area contributed by atoms with E-state index in [9.17, 15) is 4.79 Å². The van der Waals surface area contributed by atoms with Crippen molar-refractivity contribution in [2.24, 2.45) is 5.16 Å². The average molecular weight is 371 g/mol. The lowest BCUT2D eigenvalue weighted by molar-refractivity contribution is -0.128. The summed E-state index contributed by atoms with van der Waals surface area (Å²) >= 11 is 0. The molecule has 0 unspecified atom stereocenters. The van der Waals surface area contributed by atoms with Gasteiger partial charge in [-0.25, -0.2) is 0 Å². The maximum absolute atomic E-state index is 10.4. The Morgan fingerprint density at radius 3 is 2.43 bits per heavy atom. The summed E-state index contributed by atoms with van der Waals surface area (Å²) in [5, 5.41) is 11.7. The highest BCUT2D eigenvalue weighted by atomic mass is 16.7. The van der Waals surface area contributed by atoms with Crippen molar-refractivity contribution in [2.75, 3.05) is 7.05 Å². The molecular formula is C22H17N3O3. The van der Waals surface area contributed by atoms with Crippen molar-refractivity contribution in [3.63, 3.8) is 0 Å². The van der Waals surface area contributed by atoms with Gasteiger partial charge in [0.2, 0.25) is 0 Å². The van der Waals surface area contributed by atoms with Gasteiger partial charge in [0.15, 0.2) is 11.6 Å². The number of carbonyl (C=O) groups is 1. The maximum Gasteiger partial charge on any atom is 0.323 e. The van der Waals surface area contributed by atoms with Gasteiger partial charge >= 0.3 is 6.47 Å². The summed E-state index contributed by atoms with van der Waals surface area (Å²) in [7, 11) is 1.70. The van der Waals surface area contributed by atoms with Crippen LogP contribution in [0.5, 0.6) is 0 Å². The second kappa shape index (κ2) is 7.75. The first-order chi connectivity index (χ1) is 13.8. The fourth-order valence-corrected chi connectivity index (χ4v) is 3.06. The van der Waals surface area contributed by atoms with E-state index < -0.39 is 0 Å². The Morgan fingerprint density at radius 1 is 1.00 bits per heavy atom. The number of carbonyl (C=O) groups excluding carboxylic acids is 1. The highest BCUT2D eigenvalue weighted by molar-refractivity contribution is 6.03. The van der Waals surface area contributed by atoms with Crippen molar-refractivity contribution in [1.29, 1.82) is 0 Å². The Morgan fingerprint density at radius 2 is 1.71 bits per heavy atom. The maximum atomic E-state index is 10.4. The zero-order valence-corrected chi connectivity index (χ0v) is 15.1. The van der Waals surface area contributed by atoms with Crippen LogP contribution in [0.1, 0.15) is 5.56 Å². The lowest BCUT2D eigenvalue weighted by Crippen LogP contribution is -2.19. The molecule has 138 valence electrons. The zero-order chi connectivity index (χ0) is 19.3. The number of amidine groups is 1. The van der Waals surface area contributed by atoms with E-state index in [0.29, 0.717) is 11.6 Å². The minimum absolute atomic E-state index is 0.273. The fourth-order valence-electron chi connectivity index (χ4n) is 3.06. The molecule has 0 aliphatic heterocycles. The number of hydrogen-bond donors (Lipinski definition) is 1. The number of nitrogens with zero attached hydrogens (tertiary/aromatic N) is 2. The van der Waals surface area contributed by atoms with Gasteiger partial charge in [-0.2, -0.15) is 0 Å². The van der Waals surface area contributed by atoms with E-state index >= 15 is 0 Å². The summed E-state index contributed by atoms with van der Waals surface area (Å²) in [4.78, 5) is 14.9. The normalized spacial score (nSPS) is 11.4. The van der Waals surface area contributed by atoms with Crippen LogP contribution in [0, 0.1) is 0 Å². The largest absolute Gasteiger partial charge is 0.370 e. The molecule has 1 aromatic heterocycles. The monoisotopic (exact) mass is 371 g/mol. The predicted molar refractivity (Wildman–Crippen MR) is 108 cm³/mol. The molecule has 0 saturated heterocycles. The Bertz CT molecular complexity index is 1130. The number of benzene rings is 3. The summed E-state index contributed by atoms with van der Waals surface area (Å²) < 4.78 is 5.60. The molecular weight excluding hydrogens is 354 g/mol. The van der Waals surface area contributed by atoms with Crippen LogP contribution in [0.2, 0.25) is 0 Å². The standard InChI is InChI=1S/C22H17N3O3/c1-23-22(25-27-14-26)18-11-12-20-19(13-18)21(28-24-20)17-9-7-16(8-10-17)15-5-3-2-4-6-15/h2-14H,1H3,(H,23,25). The third-order valence-corrected chi connectivity index (χ3v) is 4.43. The van der Waals surface area contributed by atoms with Gasteiger partial charge in [-0.3, -0.25) is 4.79 Å². The van der Waals surface area contributed by atoms with Gasteiger partial charge in [0, 0.05) is 18.2 Å². The van der Waals surface area contributed by atoms with Gasteiger partial charge in [0.05, 0.1) is 5.39 Å². The van der Waals surface area contributed by atoms with E-state index in [4.69, 9.17) is 4.52 Å². The van der Waals surface area contributed by atoms with Gasteiger partial charge in [-0.15, -0.1) is 0 Å². The SMILES string of the molecule is CN/C(=N\OC=O)c1ccc2noc(-c3ccc(-c4ccccc4)cc3)c2c1. The summed E-state index contributed by atoms with van der Waals surface area (Å²) in [5.74, 6) is 1.10. The number of rotatable bonds is 5. The molecule has 0 radical (unpaired) electrons. The van der Waals surface area contributed by atoms with Crippen molar-refractivity contribution in [3.8, 4) is 22.5 Å². The van der Waals surface area contributed by atoms with Crippen LogP contribution in [-0.2, 0) is 9.63 Å². The lowest BCUT2D eigenvalue weighted by atomic mass is 10.0. The topological polar surface area (TPSA) is 76.7 Å². The molecule has 4 rings (SSSR count). The Labute approximate surface area is 161 Å². The van der Waals surface area contributed by atoms with Crippen LogP contribution >= 0.6 is 0 Å². The predicted octanol–water partition coefficient (Wildman–Crippen LogP) is 4.22. The Hall–Kier alpha value is -3.93. The van der Waals surface area contributed by atoms with Crippen LogP contribution in [0.15, 0.2) is 82.5 Å². The zero-order valence-electron chi connectivity index (χ0n) is 15.1. The molecule has 0 amide bonds. The van der Waals surface area contributed by atoms with Crippen LogP contribution in [0.3, 0.4) is 0 Å². The third-order valence-electron chi connectivity index (χ3n) is 4.43. The first kappa shape index (κ1) is 17.5. The molecule has 28 heavy (non-hydrogen) atoms. The molecule has 0 atom stereocenters. The van der Waals surface area contributed by atoms with Gasteiger partial charge in [0.25, 0.3) is 0 Å². The highest BCUT2D eigenvalue weighted by Gasteiger charge is 2.13.